The summed E-state index contributed by atoms with van der Waals surface area (Å²) in [6, 6.07) is 2.76. The second-order valence-electron chi connectivity index (χ2n) is 4.59. The molecule has 1 aliphatic carbocycles. The SMILES string of the molecule is NCC1(c2nc3cc(Cl)c(F)cc3o2)CCC1. The Morgan fingerprint density at radius 2 is 2.24 bits per heavy atom. The van der Waals surface area contributed by atoms with Gasteiger partial charge in [0.2, 0.25) is 5.89 Å². The molecule has 0 aliphatic heterocycles. The van der Waals surface area contributed by atoms with Gasteiger partial charge in [0, 0.05) is 12.6 Å². The number of hydrogen-bond donors (Lipinski definition) is 1. The van der Waals surface area contributed by atoms with Crippen molar-refractivity contribution in [2.24, 2.45) is 5.73 Å². The second-order valence-corrected chi connectivity index (χ2v) is 5.00. The van der Waals surface area contributed by atoms with Gasteiger partial charge in [-0.15, -0.1) is 0 Å². The van der Waals surface area contributed by atoms with Gasteiger partial charge in [-0.3, -0.25) is 0 Å². The van der Waals surface area contributed by atoms with Crippen molar-refractivity contribution in [2.45, 2.75) is 24.7 Å². The van der Waals surface area contributed by atoms with E-state index >= 15 is 0 Å². The Hall–Kier alpha value is -1.13. The monoisotopic (exact) mass is 254 g/mol. The average molecular weight is 255 g/mol. The lowest BCUT2D eigenvalue weighted by Crippen LogP contribution is -2.41. The first-order valence-corrected chi connectivity index (χ1v) is 5.98. The minimum atomic E-state index is -0.489. The van der Waals surface area contributed by atoms with Crippen LogP contribution in [0, 0.1) is 5.82 Å². The Morgan fingerprint density at radius 3 is 2.82 bits per heavy atom. The van der Waals surface area contributed by atoms with Gasteiger partial charge in [-0.2, -0.15) is 0 Å². The summed E-state index contributed by atoms with van der Waals surface area (Å²) in [7, 11) is 0. The third-order valence-corrected chi connectivity index (χ3v) is 3.88. The third kappa shape index (κ3) is 1.55. The highest BCUT2D eigenvalue weighted by Crippen LogP contribution is 2.43. The van der Waals surface area contributed by atoms with Crippen LogP contribution in [0.4, 0.5) is 4.39 Å². The van der Waals surface area contributed by atoms with Crippen molar-refractivity contribution in [3.05, 3.63) is 28.9 Å². The molecule has 3 nitrogen and oxygen atoms in total. The second kappa shape index (κ2) is 3.68. The number of nitrogens with zero attached hydrogens (tertiary/aromatic N) is 1. The van der Waals surface area contributed by atoms with Crippen LogP contribution in [-0.4, -0.2) is 11.5 Å². The van der Waals surface area contributed by atoms with E-state index in [1.807, 2.05) is 0 Å². The number of aromatic nitrogens is 1. The van der Waals surface area contributed by atoms with Crippen LogP contribution in [-0.2, 0) is 5.41 Å². The van der Waals surface area contributed by atoms with Crippen molar-refractivity contribution in [3.63, 3.8) is 0 Å². The van der Waals surface area contributed by atoms with Gasteiger partial charge in [0.05, 0.1) is 10.4 Å². The van der Waals surface area contributed by atoms with Gasteiger partial charge in [-0.05, 0) is 18.9 Å². The van der Waals surface area contributed by atoms with Crippen LogP contribution in [0.15, 0.2) is 16.5 Å². The van der Waals surface area contributed by atoms with E-state index in [0.29, 0.717) is 23.5 Å². The lowest BCUT2D eigenvalue weighted by atomic mass is 9.69. The summed E-state index contributed by atoms with van der Waals surface area (Å²) in [6.45, 7) is 0.510. The lowest BCUT2D eigenvalue weighted by molar-refractivity contribution is 0.203. The van der Waals surface area contributed by atoms with Crippen LogP contribution in [0.3, 0.4) is 0 Å². The molecule has 5 heteroatoms. The number of halogens is 2. The molecule has 1 heterocycles. The van der Waals surface area contributed by atoms with Crippen LogP contribution in [0.2, 0.25) is 5.02 Å². The lowest BCUT2D eigenvalue weighted by Gasteiger charge is -2.37. The van der Waals surface area contributed by atoms with Crippen molar-refractivity contribution in [2.75, 3.05) is 6.54 Å². The highest BCUT2D eigenvalue weighted by atomic mass is 35.5. The maximum Gasteiger partial charge on any atom is 0.202 e. The molecule has 0 amide bonds. The highest BCUT2D eigenvalue weighted by molar-refractivity contribution is 6.31. The topological polar surface area (TPSA) is 52.0 Å². The minimum Gasteiger partial charge on any atom is -0.440 e. The summed E-state index contributed by atoms with van der Waals surface area (Å²) >= 11 is 5.71. The number of rotatable bonds is 2. The van der Waals surface area contributed by atoms with E-state index < -0.39 is 5.82 Å². The first-order chi connectivity index (χ1) is 8.14. The van der Waals surface area contributed by atoms with E-state index in [1.165, 1.54) is 12.1 Å². The van der Waals surface area contributed by atoms with E-state index in [1.54, 1.807) is 0 Å². The van der Waals surface area contributed by atoms with Gasteiger partial charge >= 0.3 is 0 Å². The van der Waals surface area contributed by atoms with E-state index in [9.17, 15) is 4.39 Å². The quantitative estimate of drug-likeness (QED) is 0.896. The minimum absolute atomic E-state index is 0.0627. The van der Waals surface area contributed by atoms with Crippen molar-refractivity contribution in [1.29, 1.82) is 0 Å². The molecule has 0 saturated heterocycles. The van der Waals surface area contributed by atoms with Crippen LogP contribution < -0.4 is 5.73 Å². The zero-order valence-corrected chi connectivity index (χ0v) is 9.93. The molecule has 1 fully saturated rings. The van der Waals surface area contributed by atoms with Crippen molar-refractivity contribution < 1.29 is 8.81 Å². The van der Waals surface area contributed by atoms with Gasteiger partial charge in [0.25, 0.3) is 0 Å². The molecular weight excluding hydrogens is 243 g/mol. The number of fused-ring (bicyclic) bond motifs is 1. The molecule has 1 aliphatic rings. The molecule has 0 unspecified atom stereocenters. The Morgan fingerprint density at radius 1 is 1.47 bits per heavy atom. The molecule has 0 spiro atoms. The Balaban J connectivity index is 2.13. The smallest absolute Gasteiger partial charge is 0.202 e. The fraction of sp³-hybridized carbons (Fsp3) is 0.417. The molecule has 1 saturated carbocycles. The highest BCUT2D eigenvalue weighted by Gasteiger charge is 2.42. The Bertz CT molecular complexity index is 533. The predicted octanol–water partition coefficient (Wildman–Crippen LogP) is 3.00. The molecule has 1 aromatic heterocycles. The molecule has 0 bridgehead atoms. The number of benzene rings is 1. The zero-order valence-electron chi connectivity index (χ0n) is 9.17. The maximum absolute atomic E-state index is 13.3. The van der Waals surface area contributed by atoms with Crippen molar-refractivity contribution in [1.82, 2.24) is 4.98 Å². The number of hydrogen-bond acceptors (Lipinski definition) is 3. The third-order valence-electron chi connectivity index (χ3n) is 3.59. The molecule has 2 N–H and O–H groups in total. The normalized spacial score (nSPS) is 18.3. The van der Waals surface area contributed by atoms with Gasteiger partial charge in [0.1, 0.15) is 11.3 Å². The van der Waals surface area contributed by atoms with Crippen LogP contribution in [0.25, 0.3) is 11.1 Å². The molecule has 17 heavy (non-hydrogen) atoms. The fourth-order valence-corrected chi connectivity index (χ4v) is 2.42. The van der Waals surface area contributed by atoms with E-state index in [0.717, 1.165) is 19.3 Å². The Kier molecular flexibility index (Phi) is 2.38. The van der Waals surface area contributed by atoms with E-state index in [-0.39, 0.29) is 10.4 Å². The van der Waals surface area contributed by atoms with E-state index in [4.69, 9.17) is 21.8 Å². The molecular formula is C12H12ClFN2O. The molecule has 90 valence electrons. The van der Waals surface area contributed by atoms with Crippen LogP contribution >= 0.6 is 11.6 Å². The maximum atomic E-state index is 13.3. The first kappa shape index (κ1) is 11.0. The molecule has 3 rings (SSSR count). The fourth-order valence-electron chi connectivity index (χ4n) is 2.26. The largest absolute Gasteiger partial charge is 0.440 e. The van der Waals surface area contributed by atoms with Gasteiger partial charge in [0.15, 0.2) is 5.58 Å². The van der Waals surface area contributed by atoms with Gasteiger partial charge in [-0.25, -0.2) is 9.37 Å². The molecule has 2 aromatic rings. The molecule has 1 aromatic carbocycles. The summed E-state index contributed by atoms with van der Waals surface area (Å²) in [5.41, 5.74) is 6.65. The number of oxazole rings is 1. The standard InChI is InChI=1S/C12H12ClFN2O/c13-7-4-9-10(5-8(7)14)17-11(16-9)12(6-15)2-1-3-12/h4-5H,1-3,6,15H2. The summed E-state index contributed by atoms with van der Waals surface area (Å²) in [4.78, 5) is 4.38. The van der Waals surface area contributed by atoms with Gasteiger partial charge in [-0.1, -0.05) is 18.0 Å². The van der Waals surface area contributed by atoms with Crippen molar-refractivity contribution in [3.8, 4) is 0 Å². The van der Waals surface area contributed by atoms with Crippen LogP contribution in [0.1, 0.15) is 25.2 Å². The summed E-state index contributed by atoms with van der Waals surface area (Å²) < 4.78 is 18.9. The van der Waals surface area contributed by atoms with Crippen LogP contribution in [0.5, 0.6) is 0 Å². The summed E-state index contributed by atoms with van der Waals surface area (Å²) in [6.07, 6.45) is 3.09. The van der Waals surface area contributed by atoms with Crippen molar-refractivity contribution >= 4 is 22.7 Å². The summed E-state index contributed by atoms with van der Waals surface area (Å²) in [5, 5.41) is 0.0627. The van der Waals surface area contributed by atoms with E-state index in [2.05, 4.69) is 4.98 Å². The summed E-state index contributed by atoms with van der Waals surface area (Å²) in [5.74, 6) is 0.125. The molecule has 0 atom stereocenters. The predicted molar refractivity (Wildman–Crippen MR) is 63.6 cm³/mol. The Labute approximate surface area is 103 Å². The average Bonchev–Trinajstić information content (AvgIpc) is 2.61. The number of nitrogens with two attached hydrogens (primary N) is 1. The molecule has 0 radical (unpaired) electrons. The van der Waals surface area contributed by atoms with Gasteiger partial charge < -0.3 is 10.2 Å². The zero-order chi connectivity index (χ0) is 12.0. The first-order valence-electron chi connectivity index (χ1n) is 5.61.